The van der Waals surface area contributed by atoms with Crippen molar-refractivity contribution in [2.24, 2.45) is 5.92 Å². The van der Waals surface area contributed by atoms with E-state index >= 15 is 0 Å². The van der Waals surface area contributed by atoms with Crippen LogP contribution in [0.5, 0.6) is 5.75 Å². The van der Waals surface area contributed by atoms with Crippen molar-refractivity contribution in [2.75, 3.05) is 7.11 Å². The molecule has 0 aliphatic heterocycles. The first-order chi connectivity index (χ1) is 13.1. The van der Waals surface area contributed by atoms with Crippen LogP contribution in [-0.4, -0.2) is 7.11 Å². The van der Waals surface area contributed by atoms with Crippen LogP contribution in [0.25, 0.3) is 16.7 Å². The third-order valence-corrected chi connectivity index (χ3v) is 5.70. The molecule has 2 aromatic rings. The van der Waals surface area contributed by atoms with Gasteiger partial charge in [-0.15, -0.1) is 0 Å². The highest BCUT2D eigenvalue weighted by molar-refractivity contribution is 6.33. The van der Waals surface area contributed by atoms with Crippen LogP contribution in [0.2, 0.25) is 5.02 Å². The molecule has 1 aliphatic carbocycles. The molecule has 0 amide bonds. The van der Waals surface area contributed by atoms with Crippen molar-refractivity contribution in [3.8, 4) is 16.9 Å². The number of ether oxygens (including phenoxy) is 1. The number of rotatable bonds is 6. The monoisotopic (exact) mass is 384 g/mol. The zero-order valence-corrected chi connectivity index (χ0v) is 16.7. The summed E-state index contributed by atoms with van der Waals surface area (Å²) in [6.45, 7) is 2.08. The first-order valence-electron chi connectivity index (χ1n) is 9.57. The van der Waals surface area contributed by atoms with Crippen LogP contribution in [0.15, 0.2) is 54.6 Å². The van der Waals surface area contributed by atoms with Gasteiger partial charge in [0.05, 0.1) is 12.1 Å². The van der Waals surface area contributed by atoms with Crippen LogP contribution >= 0.6 is 11.6 Å². The summed E-state index contributed by atoms with van der Waals surface area (Å²) in [6, 6.07) is 11.7. The lowest BCUT2D eigenvalue weighted by Gasteiger charge is -2.22. The highest BCUT2D eigenvalue weighted by atomic mass is 35.5. The van der Waals surface area contributed by atoms with Gasteiger partial charge in [0.2, 0.25) is 0 Å². The van der Waals surface area contributed by atoms with E-state index in [1.807, 2.05) is 12.1 Å². The van der Waals surface area contributed by atoms with E-state index in [0.717, 1.165) is 24.3 Å². The van der Waals surface area contributed by atoms with Crippen molar-refractivity contribution in [1.82, 2.24) is 0 Å². The summed E-state index contributed by atoms with van der Waals surface area (Å²) in [5, 5.41) is 0.1000. The summed E-state index contributed by atoms with van der Waals surface area (Å²) < 4.78 is 19.2. The molecule has 1 aliphatic rings. The summed E-state index contributed by atoms with van der Waals surface area (Å²) in [5.74, 6) is 0.446. The van der Waals surface area contributed by atoms with Crippen LogP contribution < -0.4 is 4.74 Å². The fourth-order valence-electron chi connectivity index (χ4n) is 3.69. The molecule has 0 bridgehead atoms. The second-order valence-electron chi connectivity index (χ2n) is 7.04. The van der Waals surface area contributed by atoms with Crippen molar-refractivity contribution in [1.29, 1.82) is 0 Å². The van der Waals surface area contributed by atoms with E-state index in [9.17, 15) is 4.39 Å². The standard InChI is InChI=1S/C24H26ClFO/c1-3-4-5-6-17-7-9-18(10-8-17)19-11-13-20(14-12-19)21-15-16-22(27-2)24(26)23(21)25/h3-4,9,11-17H,5-8,10H2,1-2H3/b4-3+. The molecule has 3 heteroatoms. The lowest BCUT2D eigenvalue weighted by atomic mass is 9.84. The van der Waals surface area contributed by atoms with Crippen molar-refractivity contribution >= 4 is 17.2 Å². The molecule has 1 nitrogen and oxygen atoms in total. The molecule has 1 atom stereocenters. The molecule has 3 rings (SSSR count). The van der Waals surface area contributed by atoms with Gasteiger partial charge in [0.25, 0.3) is 0 Å². The van der Waals surface area contributed by atoms with Gasteiger partial charge in [-0.2, -0.15) is 0 Å². The highest BCUT2D eigenvalue weighted by Gasteiger charge is 2.16. The van der Waals surface area contributed by atoms with Gasteiger partial charge in [0, 0.05) is 5.56 Å². The largest absolute Gasteiger partial charge is 0.494 e. The second kappa shape index (κ2) is 9.23. The van der Waals surface area contributed by atoms with E-state index in [0.29, 0.717) is 5.56 Å². The first-order valence-corrected chi connectivity index (χ1v) is 9.94. The Bertz CT molecular complexity index is 836. The zero-order valence-electron chi connectivity index (χ0n) is 16.0. The Kier molecular flexibility index (Phi) is 6.73. The first kappa shape index (κ1) is 19.7. The van der Waals surface area contributed by atoms with Gasteiger partial charge in [0.1, 0.15) is 0 Å². The number of methoxy groups -OCH3 is 1. The minimum Gasteiger partial charge on any atom is -0.494 e. The molecular weight excluding hydrogens is 359 g/mol. The molecule has 0 aromatic heterocycles. The van der Waals surface area contributed by atoms with Crippen LogP contribution in [-0.2, 0) is 0 Å². The molecule has 0 radical (unpaired) electrons. The molecule has 0 fully saturated rings. The number of benzene rings is 2. The van der Waals surface area contributed by atoms with Gasteiger partial charge in [-0.05, 0) is 73.8 Å². The summed E-state index contributed by atoms with van der Waals surface area (Å²) in [4.78, 5) is 0. The minimum atomic E-state index is -0.514. The second-order valence-corrected chi connectivity index (χ2v) is 7.41. The van der Waals surface area contributed by atoms with Crippen molar-refractivity contribution in [3.63, 3.8) is 0 Å². The lowest BCUT2D eigenvalue weighted by molar-refractivity contribution is 0.387. The lowest BCUT2D eigenvalue weighted by Crippen LogP contribution is -2.05. The topological polar surface area (TPSA) is 9.23 Å². The number of hydrogen-bond donors (Lipinski definition) is 0. The Balaban J connectivity index is 1.72. The van der Waals surface area contributed by atoms with Crippen LogP contribution in [0.1, 0.15) is 44.6 Å². The molecule has 1 unspecified atom stereocenters. The molecule has 0 saturated carbocycles. The van der Waals surface area contributed by atoms with Crippen molar-refractivity contribution in [3.05, 3.63) is 71.0 Å². The Morgan fingerprint density at radius 3 is 2.52 bits per heavy atom. The summed E-state index contributed by atoms with van der Waals surface area (Å²) in [6.07, 6.45) is 12.8. The van der Waals surface area contributed by atoms with Gasteiger partial charge in [-0.25, -0.2) is 4.39 Å². The van der Waals surface area contributed by atoms with Gasteiger partial charge in [0.15, 0.2) is 11.6 Å². The molecule has 27 heavy (non-hydrogen) atoms. The van der Waals surface area contributed by atoms with E-state index in [4.69, 9.17) is 16.3 Å². The van der Waals surface area contributed by atoms with E-state index in [2.05, 4.69) is 37.3 Å². The van der Waals surface area contributed by atoms with E-state index in [1.54, 1.807) is 12.1 Å². The van der Waals surface area contributed by atoms with Crippen LogP contribution in [0.4, 0.5) is 4.39 Å². The van der Waals surface area contributed by atoms with Crippen LogP contribution in [0, 0.1) is 11.7 Å². The normalized spacial score (nSPS) is 17.2. The van der Waals surface area contributed by atoms with Crippen LogP contribution in [0.3, 0.4) is 0 Å². The predicted molar refractivity (Wildman–Crippen MR) is 113 cm³/mol. The molecule has 0 N–H and O–H groups in total. The Morgan fingerprint density at radius 1 is 1.15 bits per heavy atom. The van der Waals surface area contributed by atoms with E-state index < -0.39 is 5.82 Å². The molecular formula is C24H26ClFO. The quantitative estimate of drug-likeness (QED) is 0.463. The number of hydrogen-bond acceptors (Lipinski definition) is 1. The number of halogens is 2. The molecule has 0 heterocycles. The van der Waals surface area contributed by atoms with Gasteiger partial charge >= 0.3 is 0 Å². The van der Waals surface area contributed by atoms with E-state index in [1.165, 1.54) is 37.5 Å². The number of allylic oxidation sites excluding steroid dienone is 4. The maximum Gasteiger partial charge on any atom is 0.184 e. The molecule has 0 saturated heterocycles. The third-order valence-electron chi connectivity index (χ3n) is 5.33. The molecule has 0 spiro atoms. The highest BCUT2D eigenvalue weighted by Crippen LogP contribution is 2.36. The SMILES string of the molecule is C/C=C/CCC1CC=C(c2ccc(-c3ccc(OC)c(F)c3Cl)cc2)CC1. The Labute approximate surface area is 166 Å². The molecule has 2 aromatic carbocycles. The Morgan fingerprint density at radius 2 is 1.89 bits per heavy atom. The zero-order chi connectivity index (χ0) is 19.2. The Hall–Kier alpha value is -2.06. The summed E-state index contributed by atoms with van der Waals surface area (Å²) in [7, 11) is 1.44. The van der Waals surface area contributed by atoms with Crippen molar-refractivity contribution in [2.45, 2.75) is 39.0 Å². The van der Waals surface area contributed by atoms with Gasteiger partial charge in [-0.1, -0.05) is 54.1 Å². The fourth-order valence-corrected chi connectivity index (χ4v) is 3.95. The minimum absolute atomic E-state index is 0.1000. The smallest absolute Gasteiger partial charge is 0.184 e. The maximum atomic E-state index is 14.2. The third kappa shape index (κ3) is 4.62. The maximum absolute atomic E-state index is 14.2. The van der Waals surface area contributed by atoms with Gasteiger partial charge < -0.3 is 4.74 Å². The molecule has 142 valence electrons. The van der Waals surface area contributed by atoms with E-state index in [-0.39, 0.29) is 10.8 Å². The average Bonchev–Trinajstić information content (AvgIpc) is 2.71. The fraction of sp³-hybridized carbons (Fsp3) is 0.333. The van der Waals surface area contributed by atoms with Crippen molar-refractivity contribution < 1.29 is 9.13 Å². The van der Waals surface area contributed by atoms with Gasteiger partial charge in [-0.3, -0.25) is 0 Å². The average molecular weight is 385 g/mol. The summed E-state index contributed by atoms with van der Waals surface area (Å²) >= 11 is 6.20. The summed E-state index contributed by atoms with van der Waals surface area (Å²) in [5.41, 5.74) is 4.25. The predicted octanol–water partition coefficient (Wildman–Crippen LogP) is 7.69.